The maximum absolute atomic E-state index is 13.3. The van der Waals surface area contributed by atoms with E-state index < -0.39 is 0 Å². The summed E-state index contributed by atoms with van der Waals surface area (Å²) in [6.45, 7) is 7.26. The smallest absolute Gasteiger partial charge is 0.257 e. The lowest BCUT2D eigenvalue weighted by Gasteiger charge is -2.36. The third kappa shape index (κ3) is 7.43. The van der Waals surface area contributed by atoms with Crippen molar-refractivity contribution < 1.29 is 23.9 Å². The third-order valence-electron chi connectivity index (χ3n) is 5.98. The molecule has 190 valence electrons. The van der Waals surface area contributed by atoms with Gasteiger partial charge < -0.3 is 29.5 Å². The van der Waals surface area contributed by atoms with E-state index in [1.807, 2.05) is 44.7 Å². The fourth-order valence-corrected chi connectivity index (χ4v) is 4.01. The van der Waals surface area contributed by atoms with E-state index in [0.717, 1.165) is 6.42 Å². The number of ether oxygens (including phenoxy) is 2. The normalized spacial score (nSPS) is 21.9. The van der Waals surface area contributed by atoms with E-state index in [0.29, 0.717) is 36.5 Å². The van der Waals surface area contributed by atoms with Crippen LogP contribution in [0.2, 0.25) is 0 Å². The van der Waals surface area contributed by atoms with Gasteiger partial charge in [-0.2, -0.15) is 0 Å². The van der Waals surface area contributed by atoms with Gasteiger partial charge >= 0.3 is 0 Å². The zero-order chi connectivity index (χ0) is 25.4. The summed E-state index contributed by atoms with van der Waals surface area (Å²) in [7, 11) is 7.08. The number of hydrogen-bond donors (Lipinski definition) is 1. The molecule has 3 amide bonds. The number of methoxy groups -OCH3 is 1. The van der Waals surface area contributed by atoms with Crippen molar-refractivity contribution in [1.82, 2.24) is 14.7 Å². The Bertz CT molecular complexity index is 860. The first kappa shape index (κ1) is 27.6. The van der Waals surface area contributed by atoms with E-state index in [1.54, 1.807) is 37.3 Å². The van der Waals surface area contributed by atoms with Gasteiger partial charge in [0, 0.05) is 51.3 Å². The van der Waals surface area contributed by atoms with Gasteiger partial charge in [0.25, 0.3) is 5.91 Å². The fourth-order valence-electron chi connectivity index (χ4n) is 4.01. The van der Waals surface area contributed by atoms with Crippen LogP contribution in [0.25, 0.3) is 0 Å². The summed E-state index contributed by atoms with van der Waals surface area (Å²) in [5.74, 6) is 0.101. The molecule has 9 nitrogen and oxygen atoms in total. The quantitative estimate of drug-likeness (QED) is 0.678. The van der Waals surface area contributed by atoms with E-state index in [2.05, 4.69) is 5.32 Å². The van der Waals surface area contributed by atoms with Crippen molar-refractivity contribution >= 4 is 23.4 Å². The van der Waals surface area contributed by atoms with Gasteiger partial charge in [-0.1, -0.05) is 13.8 Å². The lowest BCUT2D eigenvalue weighted by Crippen LogP contribution is -2.50. The van der Waals surface area contributed by atoms with Crippen LogP contribution < -0.4 is 10.1 Å². The number of carbonyl (C=O) groups excluding carboxylic acids is 3. The molecule has 0 unspecified atom stereocenters. The minimum atomic E-state index is -0.243. The van der Waals surface area contributed by atoms with Gasteiger partial charge in [-0.25, -0.2) is 0 Å². The molecule has 0 saturated carbocycles. The summed E-state index contributed by atoms with van der Waals surface area (Å²) < 4.78 is 11.8. The van der Waals surface area contributed by atoms with Crippen LogP contribution in [0.3, 0.4) is 0 Å². The van der Waals surface area contributed by atoms with Gasteiger partial charge in [0.05, 0.1) is 24.3 Å². The topological polar surface area (TPSA) is 91.4 Å². The lowest BCUT2D eigenvalue weighted by molar-refractivity contribution is -0.136. The first-order valence-electron chi connectivity index (χ1n) is 11.9. The zero-order valence-electron chi connectivity index (χ0n) is 21.6. The highest BCUT2D eigenvalue weighted by Gasteiger charge is 2.30. The van der Waals surface area contributed by atoms with E-state index >= 15 is 0 Å². The maximum Gasteiger partial charge on any atom is 0.257 e. The predicted octanol–water partition coefficient (Wildman–Crippen LogP) is 2.32. The summed E-state index contributed by atoms with van der Waals surface area (Å²) in [5, 5.41) is 2.85. The maximum atomic E-state index is 13.3. The van der Waals surface area contributed by atoms with E-state index in [1.165, 1.54) is 0 Å². The Labute approximate surface area is 203 Å². The molecule has 0 spiro atoms. The van der Waals surface area contributed by atoms with Crippen LogP contribution in [0.4, 0.5) is 5.69 Å². The average molecular weight is 477 g/mol. The molecule has 0 aromatic heterocycles. The molecule has 1 heterocycles. The van der Waals surface area contributed by atoms with E-state index in [-0.39, 0.29) is 48.9 Å². The van der Waals surface area contributed by atoms with Crippen molar-refractivity contribution in [2.75, 3.05) is 59.8 Å². The summed E-state index contributed by atoms with van der Waals surface area (Å²) in [6.07, 6.45) is 0.910. The number of benzene rings is 1. The van der Waals surface area contributed by atoms with Gasteiger partial charge in [0.15, 0.2) is 0 Å². The number of carbonyl (C=O) groups is 3. The van der Waals surface area contributed by atoms with Crippen molar-refractivity contribution in [3.63, 3.8) is 0 Å². The van der Waals surface area contributed by atoms with E-state index in [9.17, 15) is 14.4 Å². The van der Waals surface area contributed by atoms with Gasteiger partial charge in [-0.3, -0.25) is 14.4 Å². The van der Waals surface area contributed by atoms with Crippen molar-refractivity contribution in [2.24, 2.45) is 5.92 Å². The Kier molecular flexibility index (Phi) is 10.3. The second kappa shape index (κ2) is 12.7. The molecule has 0 radical (unpaired) electrons. The first-order valence-corrected chi connectivity index (χ1v) is 11.9. The van der Waals surface area contributed by atoms with Crippen molar-refractivity contribution in [2.45, 2.75) is 45.8 Å². The molecule has 0 saturated heterocycles. The lowest BCUT2D eigenvalue weighted by atomic mass is 10.0. The van der Waals surface area contributed by atoms with Gasteiger partial charge in [0.2, 0.25) is 11.8 Å². The molecule has 1 N–H and O–H groups in total. The van der Waals surface area contributed by atoms with Crippen LogP contribution in [0.1, 0.15) is 44.0 Å². The molecule has 1 aliphatic rings. The molecule has 0 aliphatic carbocycles. The Morgan fingerprint density at radius 1 is 1.24 bits per heavy atom. The Hall–Kier alpha value is -2.65. The second-order valence-corrected chi connectivity index (χ2v) is 9.39. The number of nitrogens with zero attached hydrogens (tertiary/aromatic N) is 3. The molecule has 34 heavy (non-hydrogen) atoms. The van der Waals surface area contributed by atoms with Gasteiger partial charge in [0.1, 0.15) is 12.4 Å². The monoisotopic (exact) mass is 476 g/mol. The molecular formula is C25H40N4O5. The minimum absolute atomic E-state index is 0.00358. The molecule has 2 rings (SSSR count). The number of anilines is 1. The third-order valence-corrected chi connectivity index (χ3v) is 5.98. The number of fused-ring (bicyclic) bond motifs is 1. The summed E-state index contributed by atoms with van der Waals surface area (Å²) in [4.78, 5) is 43.7. The van der Waals surface area contributed by atoms with Crippen LogP contribution in [0.15, 0.2) is 18.2 Å². The van der Waals surface area contributed by atoms with E-state index in [4.69, 9.17) is 9.47 Å². The molecule has 1 aromatic carbocycles. The van der Waals surface area contributed by atoms with Crippen molar-refractivity contribution in [3.05, 3.63) is 23.8 Å². The second-order valence-electron chi connectivity index (χ2n) is 9.39. The van der Waals surface area contributed by atoms with Gasteiger partial charge in [-0.15, -0.1) is 0 Å². The number of likely N-dealkylation sites (N-methyl/N-ethyl adjacent to an activating group) is 2. The predicted molar refractivity (Wildman–Crippen MR) is 132 cm³/mol. The summed E-state index contributed by atoms with van der Waals surface area (Å²) in [5.41, 5.74) is 0.966. The van der Waals surface area contributed by atoms with Crippen LogP contribution in [0.5, 0.6) is 5.75 Å². The fraction of sp³-hybridized carbons (Fsp3) is 0.640. The van der Waals surface area contributed by atoms with Gasteiger partial charge in [-0.05, 0) is 39.6 Å². The van der Waals surface area contributed by atoms with Crippen molar-refractivity contribution in [1.29, 1.82) is 0 Å². The summed E-state index contributed by atoms with van der Waals surface area (Å²) >= 11 is 0. The molecule has 1 aromatic rings. The molecular weight excluding hydrogens is 436 g/mol. The molecule has 9 heteroatoms. The Balaban J connectivity index is 2.42. The molecule has 0 bridgehead atoms. The number of amides is 3. The molecule has 3 atom stereocenters. The number of hydrogen-bond acceptors (Lipinski definition) is 6. The highest BCUT2D eigenvalue weighted by Crippen LogP contribution is 2.27. The first-order chi connectivity index (χ1) is 16.1. The number of nitrogens with one attached hydrogen (secondary N) is 1. The molecule has 1 aliphatic heterocycles. The van der Waals surface area contributed by atoms with Crippen LogP contribution in [-0.2, 0) is 14.3 Å². The standard InChI is InChI=1S/C25H40N4O5/c1-8-9-23(30)26-19-10-11-20-21(12-19)34-16-18(3)29(24(31)15-27(4)5)13-17(2)22(33-7)14-28(6)25(20)32/h10-12,17-18,22H,8-9,13-16H2,1-7H3,(H,26,30)/t17-,18+,22+/m0/s1. The zero-order valence-corrected chi connectivity index (χ0v) is 21.6. The Morgan fingerprint density at radius 3 is 2.56 bits per heavy atom. The number of rotatable bonds is 6. The highest BCUT2D eigenvalue weighted by molar-refractivity contribution is 5.98. The highest BCUT2D eigenvalue weighted by atomic mass is 16.5. The molecule has 0 fully saturated rings. The van der Waals surface area contributed by atoms with Crippen molar-refractivity contribution in [3.8, 4) is 5.75 Å². The average Bonchev–Trinajstić information content (AvgIpc) is 2.77. The van der Waals surface area contributed by atoms with Crippen LogP contribution >= 0.6 is 0 Å². The Morgan fingerprint density at radius 2 is 1.94 bits per heavy atom. The van der Waals surface area contributed by atoms with Crippen LogP contribution in [0, 0.1) is 5.92 Å². The SMILES string of the molecule is CCCC(=O)Nc1ccc2c(c1)OC[C@@H](C)N(C(=O)CN(C)C)C[C@H](C)[C@H](OC)CN(C)C2=O. The van der Waals surface area contributed by atoms with Crippen LogP contribution in [-0.4, -0.2) is 99.1 Å². The summed E-state index contributed by atoms with van der Waals surface area (Å²) in [6, 6.07) is 4.83. The largest absolute Gasteiger partial charge is 0.491 e. The minimum Gasteiger partial charge on any atom is -0.491 e.